The lowest BCUT2D eigenvalue weighted by Crippen LogP contribution is -2.52. The summed E-state index contributed by atoms with van der Waals surface area (Å²) in [4.78, 5) is 16.6. The number of hydrogen-bond acceptors (Lipinski definition) is 4. The van der Waals surface area contributed by atoms with E-state index in [9.17, 15) is 13.2 Å². The van der Waals surface area contributed by atoms with Gasteiger partial charge in [-0.1, -0.05) is 17.7 Å². The second kappa shape index (κ2) is 6.01. The summed E-state index contributed by atoms with van der Waals surface area (Å²) < 4.78 is 23.2. The van der Waals surface area contributed by atoms with E-state index in [1.807, 2.05) is 36.1 Å². The van der Waals surface area contributed by atoms with Gasteiger partial charge in [-0.2, -0.15) is 0 Å². The van der Waals surface area contributed by atoms with Crippen LogP contribution in [0.15, 0.2) is 24.3 Å². The highest BCUT2D eigenvalue weighted by molar-refractivity contribution is 7.91. The highest BCUT2D eigenvalue weighted by Gasteiger charge is 2.34. The van der Waals surface area contributed by atoms with E-state index < -0.39 is 9.84 Å². The van der Waals surface area contributed by atoms with Crippen molar-refractivity contribution >= 4 is 15.7 Å². The van der Waals surface area contributed by atoms with Crippen molar-refractivity contribution in [2.24, 2.45) is 0 Å². The molecule has 1 aromatic carbocycles. The third-order valence-corrected chi connectivity index (χ3v) is 6.34. The fourth-order valence-corrected chi connectivity index (χ4v) is 5.08. The number of aryl methyl sites for hydroxylation is 1. The van der Waals surface area contributed by atoms with Crippen LogP contribution in [0, 0.1) is 6.92 Å². The van der Waals surface area contributed by atoms with Crippen molar-refractivity contribution in [1.82, 2.24) is 9.80 Å². The fourth-order valence-electron chi connectivity index (χ4n) is 3.31. The topological polar surface area (TPSA) is 57.7 Å². The molecule has 0 bridgehead atoms. The van der Waals surface area contributed by atoms with Gasteiger partial charge in [0.25, 0.3) is 5.91 Å². The highest BCUT2D eigenvalue weighted by atomic mass is 32.2. The van der Waals surface area contributed by atoms with Crippen LogP contribution in [0.3, 0.4) is 0 Å². The maximum Gasteiger partial charge on any atom is 0.253 e. The molecule has 2 aliphatic heterocycles. The number of amides is 1. The predicted octanol–water partition coefficient (Wildman–Crippen LogP) is 0.940. The molecule has 2 fully saturated rings. The summed E-state index contributed by atoms with van der Waals surface area (Å²) in [6.07, 6.45) is 0.730. The van der Waals surface area contributed by atoms with Crippen molar-refractivity contribution in [2.75, 3.05) is 37.7 Å². The van der Waals surface area contributed by atoms with Gasteiger partial charge in [-0.05, 0) is 25.5 Å². The minimum absolute atomic E-state index is 0.0717. The monoisotopic (exact) mass is 322 g/mol. The smallest absolute Gasteiger partial charge is 0.253 e. The molecular formula is C16H22N2O3S. The molecule has 2 aliphatic rings. The van der Waals surface area contributed by atoms with Crippen LogP contribution in [-0.4, -0.2) is 67.9 Å². The summed E-state index contributed by atoms with van der Waals surface area (Å²) in [5, 5.41) is 0. The molecule has 1 aromatic rings. The largest absolute Gasteiger partial charge is 0.336 e. The molecule has 6 heteroatoms. The van der Waals surface area contributed by atoms with Gasteiger partial charge >= 0.3 is 0 Å². The van der Waals surface area contributed by atoms with E-state index in [1.165, 1.54) is 0 Å². The van der Waals surface area contributed by atoms with E-state index in [4.69, 9.17) is 0 Å². The van der Waals surface area contributed by atoms with E-state index in [0.717, 1.165) is 30.6 Å². The molecule has 1 unspecified atom stereocenters. The van der Waals surface area contributed by atoms with Crippen molar-refractivity contribution in [2.45, 2.75) is 19.4 Å². The molecule has 0 aromatic heterocycles. The Kier molecular flexibility index (Phi) is 4.23. The Labute approximate surface area is 131 Å². The summed E-state index contributed by atoms with van der Waals surface area (Å²) in [5.74, 6) is 0.654. The number of hydrogen-bond donors (Lipinski definition) is 0. The number of benzene rings is 1. The summed E-state index contributed by atoms with van der Waals surface area (Å²) in [7, 11) is -2.84. The van der Waals surface area contributed by atoms with Crippen molar-refractivity contribution < 1.29 is 13.2 Å². The van der Waals surface area contributed by atoms with Gasteiger partial charge in [-0.25, -0.2) is 8.42 Å². The van der Waals surface area contributed by atoms with Crippen LogP contribution in [0.1, 0.15) is 22.3 Å². The zero-order valence-electron chi connectivity index (χ0n) is 12.9. The molecule has 2 heterocycles. The zero-order chi connectivity index (χ0) is 15.7. The first-order valence-corrected chi connectivity index (χ1v) is 9.57. The average Bonchev–Trinajstić information content (AvgIpc) is 2.87. The maximum absolute atomic E-state index is 12.5. The van der Waals surface area contributed by atoms with Gasteiger partial charge in [0, 0.05) is 37.8 Å². The number of rotatable bonds is 2. The van der Waals surface area contributed by atoms with E-state index in [2.05, 4.69) is 4.90 Å². The summed E-state index contributed by atoms with van der Waals surface area (Å²) in [5.41, 5.74) is 1.82. The normalized spacial score (nSPS) is 25.3. The summed E-state index contributed by atoms with van der Waals surface area (Å²) >= 11 is 0. The Morgan fingerprint density at radius 1 is 1.18 bits per heavy atom. The maximum atomic E-state index is 12.5. The molecule has 0 radical (unpaired) electrons. The third-order valence-electron chi connectivity index (χ3n) is 4.59. The van der Waals surface area contributed by atoms with Gasteiger partial charge in [-0.3, -0.25) is 9.69 Å². The van der Waals surface area contributed by atoms with E-state index in [0.29, 0.717) is 18.8 Å². The Morgan fingerprint density at radius 3 is 2.50 bits per heavy atom. The standard InChI is InChI=1S/C16H22N2O3S/c1-13-3-2-4-14(11-13)16(19)18-8-6-17(7-9-18)15-5-10-22(20,21)12-15/h2-4,11,15H,5-10,12H2,1H3. The second-order valence-electron chi connectivity index (χ2n) is 6.25. The molecule has 5 nitrogen and oxygen atoms in total. The first kappa shape index (κ1) is 15.5. The van der Waals surface area contributed by atoms with Crippen LogP contribution < -0.4 is 0 Å². The Bertz CT molecular complexity index is 664. The van der Waals surface area contributed by atoms with Crippen LogP contribution in [0.25, 0.3) is 0 Å². The summed E-state index contributed by atoms with van der Waals surface area (Å²) in [6, 6.07) is 7.79. The van der Waals surface area contributed by atoms with Crippen LogP contribution >= 0.6 is 0 Å². The van der Waals surface area contributed by atoms with Crippen LogP contribution in [0.4, 0.5) is 0 Å². The SMILES string of the molecule is Cc1cccc(C(=O)N2CCN(C3CCS(=O)(=O)C3)CC2)c1. The van der Waals surface area contributed by atoms with E-state index in [1.54, 1.807) is 0 Å². The summed E-state index contributed by atoms with van der Waals surface area (Å²) in [6.45, 7) is 4.84. The van der Waals surface area contributed by atoms with E-state index in [-0.39, 0.29) is 17.7 Å². The van der Waals surface area contributed by atoms with Crippen molar-refractivity contribution in [1.29, 1.82) is 0 Å². The zero-order valence-corrected chi connectivity index (χ0v) is 13.7. The van der Waals surface area contributed by atoms with Crippen LogP contribution in [0.5, 0.6) is 0 Å². The number of carbonyl (C=O) groups excluding carboxylic acids is 1. The first-order valence-electron chi connectivity index (χ1n) is 7.75. The molecule has 3 rings (SSSR count). The number of sulfone groups is 1. The molecule has 0 spiro atoms. The molecule has 0 N–H and O–H groups in total. The van der Waals surface area contributed by atoms with E-state index >= 15 is 0 Å². The molecule has 1 amide bonds. The fraction of sp³-hybridized carbons (Fsp3) is 0.562. The van der Waals surface area contributed by atoms with Crippen molar-refractivity contribution in [3.8, 4) is 0 Å². The molecule has 2 saturated heterocycles. The average molecular weight is 322 g/mol. The second-order valence-corrected chi connectivity index (χ2v) is 8.48. The van der Waals surface area contributed by atoms with Gasteiger partial charge in [0.05, 0.1) is 11.5 Å². The minimum atomic E-state index is -2.84. The molecule has 0 aliphatic carbocycles. The molecular weight excluding hydrogens is 300 g/mol. The lowest BCUT2D eigenvalue weighted by Gasteiger charge is -2.37. The number of piperazine rings is 1. The minimum Gasteiger partial charge on any atom is -0.336 e. The lowest BCUT2D eigenvalue weighted by atomic mass is 10.1. The van der Waals surface area contributed by atoms with Gasteiger partial charge < -0.3 is 4.90 Å². The van der Waals surface area contributed by atoms with Crippen LogP contribution in [0.2, 0.25) is 0 Å². The van der Waals surface area contributed by atoms with Gasteiger partial charge in [-0.15, -0.1) is 0 Å². The van der Waals surface area contributed by atoms with Gasteiger partial charge in [0.15, 0.2) is 9.84 Å². The van der Waals surface area contributed by atoms with Gasteiger partial charge in [0.2, 0.25) is 0 Å². The molecule has 120 valence electrons. The van der Waals surface area contributed by atoms with Gasteiger partial charge in [0.1, 0.15) is 0 Å². The molecule has 0 saturated carbocycles. The molecule has 22 heavy (non-hydrogen) atoms. The number of carbonyl (C=O) groups is 1. The quantitative estimate of drug-likeness (QED) is 0.813. The highest BCUT2D eigenvalue weighted by Crippen LogP contribution is 2.20. The Hall–Kier alpha value is -1.40. The first-order chi connectivity index (χ1) is 10.4. The predicted molar refractivity (Wildman–Crippen MR) is 85.7 cm³/mol. The van der Waals surface area contributed by atoms with Crippen molar-refractivity contribution in [3.63, 3.8) is 0 Å². The molecule has 1 atom stereocenters. The third kappa shape index (κ3) is 3.33. The lowest BCUT2D eigenvalue weighted by molar-refractivity contribution is 0.0587. The Morgan fingerprint density at radius 2 is 1.91 bits per heavy atom. The van der Waals surface area contributed by atoms with Crippen molar-refractivity contribution in [3.05, 3.63) is 35.4 Å². The number of nitrogens with zero attached hydrogens (tertiary/aromatic N) is 2. The van der Waals surface area contributed by atoms with Crippen LogP contribution in [-0.2, 0) is 9.84 Å². The Balaban J connectivity index is 1.59.